The van der Waals surface area contributed by atoms with Crippen LogP contribution in [-0.4, -0.2) is 20.9 Å². The predicted octanol–water partition coefficient (Wildman–Crippen LogP) is 1.80. The van der Waals surface area contributed by atoms with Crippen molar-refractivity contribution in [1.82, 2.24) is 9.78 Å². The van der Waals surface area contributed by atoms with E-state index < -0.39 is 11.9 Å². The Morgan fingerprint density at radius 1 is 1.79 bits per heavy atom. The van der Waals surface area contributed by atoms with Gasteiger partial charge in [0, 0.05) is 11.8 Å². The first-order valence-electron chi connectivity index (χ1n) is 4.99. The zero-order valence-corrected chi connectivity index (χ0v) is 8.18. The molecule has 1 aromatic heterocycles. The lowest BCUT2D eigenvalue weighted by Crippen LogP contribution is -2.09. The number of carboxylic acids is 1. The molecular formula is C10H14N2O2. The summed E-state index contributed by atoms with van der Waals surface area (Å²) in [7, 11) is 0. The van der Waals surface area contributed by atoms with Crippen LogP contribution in [0.3, 0.4) is 0 Å². The smallest absolute Gasteiger partial charge is 0.311 e. The lowest BCUT2D eigenvalue weighted by atomic mass is 10.0. The first-order chi connectivity index (χ1) is 6.72. The number of carboxylic acid groups (broad SMARTS) is 1. The Morgan fingerprint density at radius 2 is 2.50 bits per heavy atom. The van der Waals surface area contributed by atoms with Crippen LogP contribution in [0.1, 0.15) is 43.7 Å². The molecule has 1 aromatic rings. The molecule has 0 aromatic carbocycles. The van der Waals surface area contributed by atoms with Gasteiger partial charge in [-0.1, -0.05) is 6.92 Å². The van der Waals surface area contributed by atoms with Crippen molar-refractivity contribution < 1.29 is 9.90 Å². The minimum absolute atomic E-state index is 0.400. The van der Waals surface area contributed by atoms with E-state index in [1.807, 2.05) is 17.8 Å². The first kappa shape index (κ1) is 9.24. The third-order valence-electron chi connectivity index (χ3n) is 2.65. The standard InChI is InChI=1S/C10H14N2O2/c1-2-9(10(13)14)7-5-11-12(6-7)8-3-4-8/h5-6,8-9H,2-4H2,1H3,(H,13,14). The van der Waals surface area contributed by atoms with Gasteiger partial charge < -0.3 is 5.11 Å². The monoisotopic (exact) mass is 194 g/mol. The lowest BCUT2D eigenvalue weighted by Gasteiger charge is -2.05. The Labute approximate surface area is 82.5 Å². The largest absolute Gasteiger partial charge is 0.481 e. The first-order valence-corrected chi connectivity index (χ1v) is 4.99. The molecule has 2 rings (SSSR count). The highest BCUT2D eigenvalue weighted by molar-refractivity contribution is 5.75. The lowest BCUT2D eigenvalue weighted by molar-refractivity contribution is -0.138. The van der Waals surface area contributed by atoms with E-state index in [4.69, 9.17) is 5.11 Å². The number of aliphatic carboxylic acids is 1. The zero-order chi connectivity index (χ0) is 10.1. The fourth-order valence-corrected chi connectivity index (χ4v) is 1.62. The Bertz CT molecular complexity index is 342. The van der Waals surface area contributed by atoms with Crippen LogP contribution in [0.2, 0.25) is 0 Å². The van der Waals surface area contributed by atoms with Crippen molar-refractivity contribution in [3.8, 4) is 0 Å². The van der Waals surface area contributed by atoms with Gasteiger partial charge in [0.05, 0.1) is 18.2 Å². The van der Waals surface area contributed by atoms with Crippen LogP contribution in [0, 0.1) is 0 Å². The third kappa shape index (κ3) is 1.64. The average Bonchev–Trinajstić information content (AvgIpc) is 2.88. The second kappa shape index (κ2) is 3.44. The SMILES string of the molecule is CCC(C(=O)O)c1cnn(C2CC2)c1. The Balaban J connectivity index is 2.17. The van der Waals surface area contributed by atoms with Crippen LogP contribution in [0.15, 0.2) is 12.4 Å². The molecule has 1 unspecified atom stereocenters. The summed E-state index contributed by atoms with van der Waals surface area (Å²) in [5.41, 5.74) is 0.826. The summed E-state index contributed by atoms with van der Waals surface area (Å²) in [6.45, 7) is 1.88. The van der Waals surface area contributed by atoms with Crippen LogP contribution in [-0.2, 0) is 4.79 Å². The molecule has 1 aliphatic carbocycles. The molecule has 0 saturated heterocycles. The Hall–Kier alpha value is -1.32. The number of aromatic nitrogens is 2. The summed E-state index contributed by atoms with van der Waals surface area (Å²) in [6.07, 6.45) is 6.52. The van der Waals surface area contributed by atoms with Gasteiger partial charge in [-0.15, -0.1) is 0 Å². The van der Waals surface area contributed by atoms with E-state index in [1.165, 1.54) is 12.8 Å². The van der Waals surface area contributed by atoms with E-state index in [2.05, 4.69) is 5.10 Å². The summed E-state index contributed by atoms with van der Waals surface area (Å²) in [5.74, 6) is -1.16. The van der Waals surface area contributed by atoms with Crippen molar-refractivity contribution in [1.29, 1.82) is 0 Å². The highest BCUT2D eigenvalue weighted by Gasteiger charge is 2.26. The van der Waals surface area contributed by atoms with Gasteiger partial charge in [0.25, 0.3) is 0 Å². The zero-order valence-electron chi connectivity index (χ0n) is 8.18. The molecule has 1 atom stereocenters. The Kier molecular flexibility index (Phi) is 2.27. The molecule has 1 aliphatic rings. The van der Waals surface area contributed by atoms with Gasteiger partial charge in [0.15, 0.2) is 0 Å². The maximum Gasteiger partial charge on any atom is 0.311 e. The topological polar surface area (TPSA) is 55.1 Å². The minimum Gasteiger partial charge on any atom is -0.481 e. The van der Waals surface area contributed by atoms with Crippen molar-refractivity contribution in [2.45, 2.75) is 38.1 Å². The normalized spacial score (nSPS) is 18.1. The fourth-order valence-electron chi connectivity index (χ4n) is 1.62. The quantitative estimate of drug-likeness (QED) is 0.795. The van der Waals surface area contributed by atoms with E-state index >= 15 is 0 Å². The van der Waals surface area contributed by atoms with Crippen LogP contribution in [0.4, 0.5) is 0 Å². The molecule has 4 heteroatoms. The summed E-state index contributed by atoms with van der Waals surface area (Å²) >= 11 is 0. The third-order valence-corrected chi connectivity index (χ3v) is 2.65. The molecule has 0 amide bonds. The van der Waals surface area contributed by atoms with Crippen molar-refractivity contribution in [3.05, 3.63) is 18.0 Å². The average molecular weight is 194 g/mol. The second-order valence-electron chi connectivity index (χ2n) is 3.78. The van der Waals surface area contributed by atoms with Crippen LogP contribution in [0.25, 0.3) is 0 Å². The molecule has 14 heavy (non-hydrogen) atoms. The van der Waals surface area contributed by atoms with Crippen LogP contribution >= 0.6 is 0 Å². The van der Waals surface area contributed by atoms with Gasteiger partial charge in [0.2, 0.25) is 0 Å². The van der Waals surface area contributed by atoms with Crippen molar-refractivity contribution >= 4 is 5.97 Å². The van der Waals surface area contributed by atoms with E-state index in [-0.39, 0.29) is 0 Å². The molecule has 0 radical (unpaired) electrons. The summed E-state index contributed by atoms with van der Waals surface area (Å²) in [6, 6.07) is 0.523. The summed E-state index contributed by atoms with van der Waals surface area (Å²) < 4.78 is 1.89. The summed E-state index contributed by atoms with van der Waals surface area (Å²) in [4.78, 5) is 10.9. The van der Waals surface area contributed by atoms with Crippen molar-refractivity contribution in [2.24, 2.45) is 0 Å². The van der Waals surface area contributed by atoms with E-state index in [0.717, 1.165) is 5.56 Å². The molecule has 76 valence electrons. The maximum absolute atomic E-state index is 10.9. The number of nitrogens with zero attached hydrogens (tertiary/aromatic N) is 2. The van der Waals surface area contributed by atoms with Gasteiger partial charge in [-0.05, 0) is 19.3 Å². The molecule has 0 spiro atoms. The molecule has 0 bridgehead atoms. The van der Waals surface area contributed by atoms with Crippen molar-refractivity contribution in [3.63, 3.8) is 0 Å². The fraction of sp³-hybridized carbons (Fsp3) is 0.600. The minimum atomic E-state index is -0.761. The molecule has 1 heterocycles. The van der Waals surface area contributed by atoms with E-state index in [9.17, 15) is 4.79 Å². The van der Waals surface area contributed by atoms with Crippen LogP contribution < -0.4 is 0 Å². The number of hydrogen-bond acceptors (Lipinski definition) is 2. The number of hydrogen-bond donors (Lipinski definition) is 1. The van der Waals surface area contributed by atoms with Gasteiger partial charge in [-0.3, -0.25) is 9.48 Å². The van der Waals surface area contributed by atoms with Gasteiger partial charge >= 0.3 is 5.97 Å². The molecule has 1 N–H and O–H groups in total. The Morgan fingerprint density at radius 3 is 3.00 bits per heavy atom. The van der Waals surface area contributed by atoms with Gasteiger partial charge in [-0.2, -0.15) is 5.10 Å². The highest BCUT2D eigenvalue weighted by atomic mass is 16.4. The second-order valence-corrected chi connectivity index (χ2v) is 3.78. The number of carbonyl (C=O) groups is 1. The molecule has 4 nitrogen and oxygen atoms in total. The highest BCUT2D eigenvalue weighted by Crippen LogP contribution is 2.34. The molecular weight excluding hydrogens is 180 g/mol. The van der Waals surface area contributed by atoms with Crippen LogP contribution in [0.5, 0.6) is 0 Å². The molecule has 1 fully saturated rings. The molecule has 1 saturated carbocycles. The van der Waals surface area contributed by atoms with E-state index in [1.54, 1.807) is 6.20 Å². The van der Waals surface area contributed by atoms with Crippen molar-refractivity contribution in [2.75, 3.05) is 0 Å². The van der Waals surface area contributed by atoms with Gasteiger partial charge in [-0.25, -0.2) is 0 Å². The molecule has 0 aliphatic heterocycles. The van der Waals surface area contributed by atoms with E-state index in [0.29, 0.717) is 12.5 Å². The number of rotatable bonds is 4. The maximum atomic E-state index is 10.9. The predicted molar refractivity (Wildman–Crippen MR) is 51.2 cm³/mol. The summed E-state index contributed by atoms with van der Waals surface area (Å²) in [5, 5.41) is 13.1. The van der Waals surface area contributed by atoms with Gasteiger partial charge in [0.1, 0.15) is 0 Å².